The number of anilines is 1. The Kier molecular flexibility index (Phi) is 4.09. The number of hydrogen-bond acceptors (Lipinski definition) is 4. The highest BCUT2D eigenvalue weighted by molar-refractivity contribution is 5.92. The van der Waals surface area contributed by atoms with Gasteiger partial charge in [0.2, 0.25) is 5.95 Å². The van der Waals surface area contributed by atoms with E-state index in [1.54, 1.807) is 6.07 Å². The lowest BCUT2D eigenvalue weighted by Gasteiger charge is -2.05. The lowest BCUT2D eigenvalue weighted by molar-refractivity contribution is 0.0925. The van der Waals surface area contributed by atoms with E-state index in [9.17, 15) is 4.79 Å². The van der Waals surface area contributed by atoms with Gasteiger partial charge in [-0.1, -0.05) is 12.1 Å². The van der Waals surface area contributed by atoms with E-state index in [4.69, 9.17) is 4.42 Å². The first-order valence-electron chi connectivity index (χ1n) is 7.25. The van der Waals surface area contributed by atoms with Gasteiger partial charge in [-0.05, 0) is 31.5 Å². The lowest BCUT2D eigenvalue weighted by atomic mass is 10.2. The number of aryl methyl sites for hydroxylation is 1. The molecule has 3 rings (SSSR count). The number of amides is 1. The summed E-state index contributed by atoms with van der Waals surface area (Å²) in [6.45, 7) is 3.14. The minimum absolute atomic E-state index is 0.175. The molecule has 6 heteroatoms. The maximum atomic E-state index is 11.8. The Morgan fingerprint density at radius 2 is 2.14 bits per heavy atom. The summed E-state index contributed by atoms with van der Waals surface area (Å²) >= 11 is 0. The summed E-state index contributed by atoms with van der Waals surface area (Å²) < 4.78 is 5.14. The van der Waals surface area contributed by atoms with Gasteiger partial charge in [0.25, 0.3) is 5.91 Å². The Balaban J connectivity index is 1.42. The number of nitrogens with zero attached hydrogens (tertiary/aromatic N) is 1. The van der Waals surface area contributed by atoms with Gasteiger partial charge in [-0.15, -0.1) is 0 Å². The zero-order chi connectivity index (χ0) is 15.4. The molecule has 0 aliphatic heterocycles. The molecule has 1 aromatic carbocycles. The Labute approximate surface area is 127 Å². The monoisotopic (exact) mass is 298 g/mol. The van der Waals surface area contributed by atoms with Gasteiger partial charge in [0.05, 0.1) is 17.3 Å². The van der Waals surface area contributed by atoms with Crippen LogP contribution in [0.4, 0.5) is 5.95 Å². The zero-order valence-electron chi connectivity index (χ0n) is 12.3. The average molecular weight is 298 g/mol. The SMILES string of the molecule is Cc1ccoc1C(=O)NCCCNc1nc2ccccc2[nH]1. The fourth-order valence-corrected chi connectivity index (χ4v) is 2.22. The van der Waals surface area contributed by atoms with E-state index in [1.807, 2.05) is 31.2 Å². The Bertz CT molecular complexity index is 742. The molecule has 114 valence electrons. The number of aromatic amines is 1. The molecule has 0 aliphatic carbocycles. The Hall–Kier alpha value is -2.76. The topological polar surface area (TPSA) is 82.9 Å². The number of hydrogen-bond donors (Lipinski definition) is 3. The summed E-state index contributed by atoms with van der Waals surface area (Å²) in [6, 6.07) is 9.65. The number of aromatic nitrogens is 2. The molecule has 2 aromatic heterocycles. The van der Waals surface area contributed by atoms with Gasteiger partial charge in [-0.3, -0.25) is 4.79 Å². The van der Waals surface area contributed by atoms with E-state index in [2.05, 4.69) is 20.6 Å². The van der Waals surface area contributed by atoms with Crippen LogP contribution in [0.3, 0.4) is 0 Å². The molecule has 0 saturated carbocycles. The molecular weight excluding hydrogens is 280 g/mol. The number of rotatable bonds is 6. The van der Waals surface area contributed by atoms with Gasteiger partial charge in [0.15, 0.2) is 5.76 Å². The predicted molar refractivity (Wildman–Crippen MR) is 85.0 cm³/mol. The first kappa shape index (κ1) is 14.2. The Morgan fingerprint density at radius 3 is 2.91 bits per heavy atom. The molecule has 0 saturated heterocycles. The highest BCUT2D eigenvalue weighted by Gasteiger charge is 2.11. The lowest BCUT2D eigenvalue weighted by Crippen LogP contribution is -2.26. The van der Waals surface area contributed by atoms with Crippen LogP contribution in [0.5, 0.6) is 0 Å². The van der Waals surface area contributed by atoms with E-state index in [0.29, 0.717) is 12.3 Å². The number of benzene rings is 1. The number of furan rings is 1. The van der Waals surface area contributed by atoms with Crippen molar-refractivity contribution in [2.75, 3.05) is 18.4 Å². The number of carbonyl (C=O) groups is 1. The minimum Gasteiger partial charge on any atom is -0.459 e. The third-order valence-corrected chi connectivity index (χ3v) is 3.39. The number of H-pyrrole nitrogens is 1. The third kappa shape index (κ3) is 3.11. The fraction of sp³-hybridized carbons (Fsp3) is 0.250. The van der Waals surface area contributed by atoms with Crippen LogP contribution in [0.2, 0.25) is 0 Å². The van der Waals surface area contributed by atoms with E-state index in [1.165, 1.54) is 6.26 Å². The predicted octanol–water partition coefficient (Wildman–Crippen LogP) is 2.70. The second kappa shape index (κ2) is 6.34. The van der Waals surface area contributed by atoms with Crippen molar-refractivity contribution >= 4 is 22.9 Å². The zero-order valence-corrected chi connectivity index (χ0v) is 12.3. The summed E-state index contributed by atoms with van der Waals surface area (Å²) in [7, 11) is 0. The summed E-state index contributed by atoms with van der Waals surface area (Å²) in [5, 5.41) is 6.05. The van der Waals surface area contributed by atoms with E-state index >= 15 is 0 Å². The second-order valence-corrected chi connectivity index (χ2v) is 5.07. The average Bonchev–Trinajstić information content (AvgIpc) is 3.12. The number of fused-ring (bicyclic) bond motifs is 1. The number of carbonyl (C=O) groups excluding carboxylic acids is 1. The summed E-state index contributed by atoms with van der Waals surface area (Å²) in [6.07, 6.45) is 2.32. The van der Waals surface area contributed by atoms with E-state index in [0.717, 1.165) is 35.5 Å². The van der Waals surface area contributed by atoms with Crippen LogP contribution in [0.1, 0.15) is 22.5 Å². The van der Waals surface area contributed by atoms with Gasteiger partial charge in [-0.2, -0.15) is 0 Å². The van der Waals surface area contributed by atoms with Crippen molar-refractivity contribution in [2.45, 2.75) is 13.3 Å². The van der Waals surface area contributed by atoms with Crippen LogP contribution in [0, 0.1) is 6.92 Å². The maximum absolute atomic E-state index is 11.8. The fourth-order valence-electron chi connectivity index (χ4n) is 2.22. The van der Waals surface area contributed by atoms with Crippen molar-refractivity contribution in [3.8, 4) is 0 Å². The largest absolute Gasteiger partial charge is 0.459 e. The van der Waals surface area contributed by atoms with Crippen LogP contribution in [-0.2, 0) is 0 Å². The molecule has 0 bridgehead atoms. The molecule has 0 atom stereocenters. The molecule has 0 fully saturated rings. The van der Waals surface area contributed by atoms with Crippen molar-refractivity contribution in [1.29, 1.82) is 0 Å². The van der Waals surface area contributed by atoms with Crippen LogP contribution in [0.15, 0.2) is 41.0 Å². The summed E-state index contributed by atoms with van der Waals surface area (Å²) in [5.41, 5.74) is 2.79. The first-order chi connectivity index (χ1) is 10.7. The summed E-state index contributed by atoms with van der Waals surface area (Å²) in [4.78, 5) is 19.5. The van der Waals surface area contributed by atoms with E-state index in [-0.39, 0.29) is 5.91 Å². The number of imidazole rings is 1. The van der Waals surface area contributed by atoms with Crippen LogP contribution in [0.25, 0.3) is 11.0 Å². The standard InChI is InChI=1S/C16H18N4O2/c1-11-7-10-22-14(11)15(21)17-8-4-9-18-16-19-12-5-2-3-6-13(12)20-16/h2-3,5-7,10H,4,8-9H2,1H3,(H,17,21)(H2,18,19,20). The van der Waals surface area contributed by atoms with Gasteiger partial charge < -0.3 is 20.0 Å². The molecule has 2 heterocycles. The second-order valence-electron chi connectivity index (χ2n) is 5.07. The molecule has 0 radical (unpaired) electrons. The molecule has 0 spiro atoms. The van der Waals surface area contributed by atoms with Crippen LogP contribution >= 0.6 is 0 Å². The molecule has 1 amide bonds. The smallest absolute Gasteiger partial charge is 0.287 e. The Morgan fingerprint density at radius 1 is 1.27 bits per heavy atom. The molecule has 22 heavy (non-hydrogen) atoms. The van der Waals surface area contributed by atoms with E-state index < -0.39 is 0 Å². The van der Waals surface area contributed by atoms with Gasteiger partial charge in [0, 0.05) is 18.7 Å². The number of nitrogens with one attached hydrogen (secondary N) is 3. The molecule has 3 aromatic rings. The molecular formula is C16H18N4O2. The van der Waals surface area contributed by atoms with Gasteiger partial charge in [-0.25, -0.2) is 4.98 Å². The van der Waals surface area contributed by atoms with Crippen LogP contribution in [-0.4, -0.2) is 29.0 Å². The molecule has 0 unspecified atom stereocenters. The third-order valence-electron chi connectivity index (χ3n) is 3.39. The molecule has 3 N–H and O–H groups in total. The van der Waals surface area contributed by atoms with Crippen molar-refractivity contribution < 1.29 is 9.21 Å². The van der Waals surface area contributed by atoms with Crippen LogP contribution < -0.4 is 10.6 Å². The van der Waals surface area contributed by atoms with Gasteiger partial charge in [0.1, 0.15) is 0 Å². The van der Waals surface area contributed by atoms with Crippen molar-refractivity contribution in [3.63, 3.8) is 0 Å². The minimum atomic E-state index is -0.175. The number of para-hydroxylation sites is 2. The maximum Gasteiger partial charge on any atom is 0.287 e. The molecule has 0 aliphatic rings. The molecule has 6 nitrogen and oxygen atoms in total. The van der Waals surface area contributed by atoms with Crippen molar-refractivity contribution in [1.82, 2.24) is 15.3 Å². The normalized spacial score (nSPS) is 10.8. The first-order valence-corrected chi connectivity index (χ1v) is 7.25. The highest BCUT2D eigenvalue weighted by Crippen LogP contribution is 2.13. The van der Waals surface area contributed by atoms with Crippen molar-refractivity contribution in [2.24, 2.45) is 0 Å². The van der Waals surface area contributed by atoms with Crippen molar-refractivity contribution in [3.05, 3.63) is 47.9 Å². The quantitative estimate of drug-likeness (QED) is 0.611. The van der Waals surface area contributed by atoms with Gasteiger partial charge >= 0.3 is 0 Å². The highest BCUT2D eigenvalue weighted by atomic mass is 16.3. The summed E-state index contributed by atoms with van der Waals surface area (Å²) in [5.74, 6) is 0.950.